The van der Waals surface area contributed by atoms with Gasteiger partial charge in [0.2, 0.25) is 0 Å². The van der Waals surface area contributed by atoms with E-state index < -0.39 is 0 Å². The van der Waals surface area contributed by atoms with E-state index in [9.17, 15) is 0 Å². The summed E-state index contributed by atoms with van der Waals surface area (Å²) in [5.74, 6) is 0.913. The predicted octanol–water partition coefficient (Wildman–Crippen LogP) is 1.90. The third-order valence-corrected chi connectivity index (χ3v) is 2.70. The van der Waals surface area contributed by atoms with Crippen molar-refractivity contribution in [3.63, 3.8) is 0 Å². The fraction of sp³-hybridized carbons (Fsp3) is 0.357. The zero-order valence-corrected chi connectivity index (χ0v) is 10.9. The summed E-state index contributed by atoms with van der Waals surface area (Å²) in [6.07, 6.45) is 0. The molecule has 2 rings (SSSR count). The number of nitrogens with one attached hydrogen (secondary N) is 1. The van der Waals surface area contributed by atoms with Crippen LogP contribution < -0.4 is 10.1 Å². The zero-order chi connectivity index (χ0) is 12.8. The number of benzene rings is 1. The Bertz CT molecular complexity index is 479. The second kappa shape index (κ2) is 6.21. The largest absolute Gasteiger partial charge is 0.492 e. The number of nitrogens with zero attached hydrogens (tertiary/aromatic N) is 2. The molecule has 0 aliphatic heterocycles. The maximum absolute atomic E-state index is 5.59. The van der Waals surface area contributed by atoms with E-state index in [1.807, 2.05) is 49.0 Å². The maximum Gasteiger partial charge on any atom is 0.119 e. The van der Waals surface area contributed by atoms with Crippen molar-refractivity contribution in [2.75, 3.05) is 13.2 Å². The number of hydrogen-bond donors (Lipinski definition) is 1. The van der Waals surface area contributed by atoms with Gasteiger partial charge in [-0.05, 0) is 25.1 Å². The van der Waals surface area contributed by atoms with Crippen LogP contribution >= 0.6 is 0 Å². The van der Waals surface area contributed by atoms with Crippen LogP contribution in [0.2, 0.25) is 0 Å². The van der Waals surface area contributed by atoms with Crippen molar-refractivity contribution >= 4 is 0 Å². The maximum atomic E-state index is 5.59. The molecule has 0 radical (unpaired) electrons. The number of aromatic nitrogens is 2. The van der Waals surface area contributed by atoms with Crippen molar-refractivity contribution in [1.29, 1.82) is 0 Å². The minimum Gasteiger partial charge on any atom is -0.492 e. The van der Waals surface area contributed by atoms with Gasteiger partial charge in [0.1, 0.15) is 12.4 Å². The van der Waals surface area contributed by atoms with Crippen LogP contribution in [0.4, 0.5) is 0 Å². The molecule has 1 aromatic heterocycles. The molecule has 0 fully saturated rings. The van der Waals surface area contributed by atoms with Crippen molar-refractivity contribution < 1.29 is 4.74 Å². The highest BCUT2D eigenvalue weighted by Gasteiger charge is 2.00. The molecule has 2 aromatic rings. The van der Waals surface area contributed by atoms with Crippen molar-refractivity contribution in [1.82, 2.24) is 15.1 Å². The molecule has 0 bridgehead atoms. The number of para-hydroxylation sites is 1. The molecule has 4 nitrogen and oxygen atoms in total. The second-order valence-electron chi connectivity index (χ2n) is 4.24. The highest BCUT2D eigenvalue weighted by Crippen LogP contribution is 2.07. The Morgan fingerprint density at radius 1 is 1.28 bits per heavy atom. The lowest BCUT2D eigenvalue weighted by Gasteiger charge is -2.07. The molecule has 1 N–H and O–H groups in total. The first-order valence-corrected chi connectivity index (χ1v) is 6.14. The summed E-state index contributed by atoms with van der Waals surface area (Å²) >= 11 is 0. The molecular weight excluding hydrogens is 226 g/mol. The third-order valence-electron chi connectivity index (χ3n) is 2.70. The molecule has 4 heteroatoms. The van der Waals surface area contributed by atoms with Crippen LogP contribution in [-0.4, -0.2) is 22.9 Å². The molecule has 0 atom stereocenters. The van der Waals surface area contributed by atoms with Crippen LogP contribution in [0.1, 0.15) is 11.4 Å². The lowest BCUT2D eigenvalue weighted by Crippen LogP contribution is -2.21. The molecule has 0 unspecified atom stereocenters. The Morgan fingerprint density at radius 2 is 2.06 bits per heavy atom. The number of rotatable bonds is 6. The Morgan fingerprint density at radius 3 is 2.72 bits per heavy atom. The van der Waals surface area contributed by atoms with E-state index in [2.05, 4.69) is 16.5 Å². The fourth-order valence-corrected chi connectivity index (χ4v) is 1.80. The highest BCUT2D eigenvalue weighted by atomic mass is 16.5. The summed E-state index contributed by atoms with van der Waals surface area (Å²) in [6, 6.07) is 11.9. The van der Waals surface area contributed by atoms with E-state index >= 15 is 0 Å². The quantitative estimate of drug-likeness (QED) is 0.790. The average molecular weight is 245 g/mol. The highest BCUT2D eigenvalue weighted by molar-refractivity contribution is 5.20. The molecule has 18 heavy (non-hydrogen) atoms. The molecule has 0 saturated carbocycles. The fourth-order valence-electron chi connectivity index (χ4n) is 1.80. The normalized spacial score (nSPS) is 10.6. The van der Waals surface area contributed by atoms with E-state index in [0.717, 1.165) is 24.5 Å². The van der Waals surface area contributed by atoms with E-state index in [4.69, 9.17) is 4.74 Å². The van der Waals surface area contributed by atoms with E-state index in [1.54, 1.807) is 0 Å². The summed E-state index contributed by atoms with van der Waals surface area (Å²) in [5.41, 5.74) is 2.24. The molecule has 0 amide bonds. The van der Waals surface area contributed by atoms with E-state index in [1.165, 1.54) is 5.69 Å². The Labute approximate surface area is 108 Å². The van der Waals surface area contributed by atoms with Gasteiger partial charge in [0, 0.05) is 20.1 Å². The molecule has 1 heterocycles. The van der Waals surface area contributed by atoms with Gasteiger partial charge in [-0.25, -0.2) is 0 Å². The molecular formula is C14H19N3O. The van der Waals surface area contributed by atoms with Crippen LogP contribution in [0.15, 0.2) is 36.4 Å². The van der Waals surface area contributed by atoms with Gasteiger partial charge in [0.05, 0.1) is 11.4 Å². The number of ether oxygens (including phenoxy) is 1. The van der Waals surface area contributed by atoms with E-state index in [0.29, 0.717) is 6.61 Å². The van der Waals surface area contributed by atoms with Gasteiger partial charge in [0.25, 0.3) is 0 Å². The lowest BCUT2D eigenvalue weighted by atomic mass is 10.3. The van der Waals surface area contributed by atoms with Gasteiger partial charge in [-0.15, -0.1) is 0 Å². The van der Waals surface area contributed by atoms with Crippen LogP contribution in [0, 0.1) is 6.92 Å². The molecule has 1 aromatic carbocycles. The number of hydrogen-bond acceptors (Lipinski definition) is 3. The zero-order valence-electron chi connectivity index (χ0n) is 10.9. The first-order valence-electron chi connectivity index (χ1n) is 6.14. The van der Waals surface area contributed by atoms with Crippen molar-refractivity contribution in [3.05, 3.63) is 47.8 Å². The monoisotopic (exact) mass is 245 g/mol. The first-order chi connectivity index (χ1) is 8.75. The molecule has 96 valence electrons. The topological polar surface area (TPSA) is 39.1 Å². The third kappa shape index (κ3) is 3.60. The van der Waals surface area contributed by atoms with Crippen LogP contribution in [-0.2, 0) is 13.6 Å². The van der Waals surface area contributed by atoms with E-state index in [-0.39, 0.29) is 0 Å². The van der Waals surface area contributed by atoms with Gasteiger partial charge in [-0.2, -0.15) is 5.10 Å². The van der Waals surface area contributed by atoms with Crippen LogP contribution in [0.5, 0.6) is 5.75 Å². The van der Waals surface area contributed by atoms with Gasteiger partial charge in [-0.3, -0.25) is 4.68 Å². The summed E-state index contributed by atoms with van der Waals surface area (Å²) in [6.45, 7) is 4.30. The Balaban J connectivity index is 1.66. The molecule has 0 spiro atoms. The van der Waals surface area contributed by atoms with Crippen LogP contribution in [0.25, 0.3) is 0 Å². The van der Waals surface area contributed by atoms with Crippen molar-refractivity contribution in [2.24, 2.45) is 7.05 Å². The standard InChI is InChI=1S/C14H19N3O/c1-12-10-13(17(2)16-12)11-15-8-9-18-14-6-4-3-5-7-14/h3-7,10,15H,8-9,11H2,1-2H3. The van der Waals surface area contributed by atoms with Gasteiger partial charge < -0.3 is 10.1 Å². The lowest BCUT2D eigenvalue weighted by molar-refractivity contribution is 0.313. The molecule has 0 aliphatic rings. The van der Waals surface area contributed by atoms with Crippen LogP contribution in [0.3, 0.4) is 0 Å². The summed E-state index contributed by atoms with van der Waals surface area (Å²) < 4.78 is 7.50. The minimum absolute atomic E-state index is 0.668. The SMILES string of the molecule is Cc1cc(CNCCOc2ccccc2)n(C)n1. The van der Waals surface area contributed by atoms with Gasteiger partial charge in [-0.1, -0.05) is 18.2 Å². The minimum atomic E-state index is 0.668. The predicted molar refractivity (Wildman–Crippen MR) is 71.6 cm³/mol. The average Bonchev–Trinajstić information content (AvgIpc) is 2.69. The van der Waals surface area contributed by atoms with Gasteiger partial charge in [0.15, 0.2) is 0 Å². The summed E-state index contributed by atoms with van der Waals surface area (Å²) in [4.78, 5) is 0. The Kier molecular flexibility index (Phi) is 4.36. The smallest absolute Gasteiger partial charge is 0.119 e. The molecule has 0 aliphatic carbocycles. The summed E-state index contributed by atoms with van der Waals surface area (Å²) in [5, 5.41) is 7.64. The summed E-state index contributed by atoms with van der Waals surface area (Å²) in [7, 11) is 1.96. The Hall–Kier alpha value is -1.81. The second-order valence-corrected chi connectivity index (χ2v) is 4.24. The van der Waals surface area contributed by atoms with Crippen molar-refractivity contribution in [2.45, 2.75) is 13.5 Å². The number of aryl methyl sites for hydroxylation is 2. The van der Waals surface area contributed by atoms with Crippen molar-refractivity contribution in [3.8, 4) is 5.75 Å². The van der Waals surface area contributed by atoms with Gasteiger partial charge >= 0.3 is 0 Å². The molecule has 0 saturated heterocycles. The first kappa shape index (κ1) is 12.6.